The van der Waals surface area contributed by atoms with Crippen molar-refractivity contribution in [1.82, 2.24) is 9.97 Å². The second-order valence-corrected chi connectivity index (χ2v) is 11.8. The molecule has 0 unspecified atom stereocenters. The lowest BCUT2D eigenvalue weighted by molar-refractivity contribution is 0.669. The Kier molecular flexibility index (Phi) is 6.05. The maximum absolute atomic E-state index is 8.59. The molecule has 220 valence electrons. The van der Waals surface area contributed by atoms with Gasteiger partial charge in [0.2, 0.25) is 0 Å². The molecule has 0 amide bonds. The molecule has 0 bridgehead atoms. The van der Waals surface area contributed by atoms with Crippen molar-refractivity contribution in [1.29, 1.82) is 10.8 Å². The van der Waals surface area contributed by atoms with Gasteiger partial charge in [0.15, 0.2) is 5.82 Å². The number of nitrogens with zero attached hydrogens (tertiary/aromatic N) is 2. The number of rotatable bonds is 4. The van der Waals surface area contributed by atoms with Gasteiger partial charge in [-0.1, -0.05) is 97.1 Å². The second-order valence-electron chi connectivity index (χ2n) is 11.8. The summed E-state index contributed by atoms with van der Waals surface area (Å²) < 4.78 is 6.11. The SMILES string of the molecule is N=C1C=Cc2ccc3cc(-c4nc(-c5cccc(-c6ccccc6)c5)cc(-c5ccc6oc7ccccc7c6c5)n4)ccc3c2C1=N. The summed E-state index contributed by atoms with van der Waals surface area (Å²) in [6.07, 6.45) is 3.59. The van der Waals surface area contributed by atoms with Crippen LogP contribution in [-0.4, -0.2) is 21.4 Å². The zero-order valence-corrected chi connectivity index (χ0v) is 25.2. The zero-order chi connectivity index (χ0) is 31.5. The van der Waals surface area contributed by atoms with E-state index in [4.69, 9.17) is 25.2 Å². The van der Waals surface area contributed by atoms with E-state index < -0.39 is 0 Å². The normalized spacial score (nSPS) is 12.7. The van der Waals surface area contributed by atoms with Gasteiger partial charge in [0, 0.05) is 33.0 Å². The highest BCUT2D eigenvalue weighted by Crippen LogP contribution is 2.36. The average molecular weight is 603 g/mol. The van der Waals surface area contributed by atoms with Gasteiger partial charge in [0.05, 0.1) is 22.8 Å². The van der Waals surface area contributed by atoms with E-state index in [9.17, 15) is 0 Å². The highest BCUT2D eigenvalue weighted by atomic mass is 16.3. The highest BCUT2D eigenvalue weighted by Gasteiger charge is 2.19. The predicted molar refractivity (Wildman–Crippen MR) is 192 cm³/mol. The molecule has 0 aliphatic heterocycles. The number of allylic oxidation sites excluding steroid dienone is 1. The lowest BCUT2D eigenvalue weighted by Crippen LogP contribution is -2.16. The van der Waals surface area contributed by atoms with E-state index in [-0.39, 0.29) is 11.4 Å². The Labute approximate surface area is 270 Å². The molecular weight excluding hydrogens is 576 g/mol. The second kappa shape index (κ2) is 10.6. The number of hydrogen-bond acceptors (Lipinski definition) is 5. The van der Waals surface area contributed by atoms with Crippen molar-refractivity contribution in [2.75, 3.05) is 0 Å². The number of aromatic nitrogens is 2. The summed E-state index contributed by atoms with van der Waals surface area (Å²) in [5.74, 6) is 0.613. The number of para-hydroxylation sites is 1. The summed E-state index contributed by atoms with van der Waals surface area (Å²) >= 11 is 0. The van der Waals surface area contributed by atoms with Crippen LogP contribution in [0.4, 0.5) is 0 Å². The lowest BCUT2D eigenvalue weighted by atomic mass is 9.89. The van der Waals surface area contributed by atoms with Gasteiger partial charge < -0.3 is 4.42 Å². The molecule has 2 heterocycles. The third-order valence-corrected chi connectivity index (χ3v) is 8.92. The molecule has 0 spiro atoms. The van der Waals surface area contributed by atoms with Gasteiger partial charge in [0.1, 0.15) is 11.2 Å². The van der Waals surface area contributed by atoms with Crippen LogP contribution in [0, 0.1) is 10.8 Å². The molecule has 1 aliphatic rings. The van der Waals surface area contributed by atoms with Gasteiger partial charge in [-0.25, -0.2) is 9.97 Å². The molecule has 2 aromatic heterocycles. The fraction of sp³-hybridized carbons (Fsp3) is 0. The van der Waals surface area contributed by atoms with Crippen LogP contribution in [-0.2, 0) is 0 Å². The third kappa shape index (κ3) is 4.56. The van der Waals surface area contributed by atoms with Gasteiger partial charge in [-0.05, 0) is 76.0 Å². The Bertz CT molecular complexity index is 2610. The monoisotopic (exact) mass is 602 g/mol. The molecule has 0 atom stereocenters. The first kappa shape index (κ1) is 26.9. The Hall–Kier alpha value is -6.46. The summed E-state index contributed by atoms with van der Waals surface area (Å²) in [6.45, 7) is 0. The number of furan rings is 1. The summed E-state index contributed by atoms with van der Waals surface area (Å²) in [7, 11) is 0. The van der Waals surface area contributed by atoms with Crippen molar-refractivity contribution in [3.05, 3.63) is 151 Å². The van der Waals surface area contributed by atoms with Crippen LogP contribution in [0.15, 0.2) is 144 Å². The van der Waals surface area contributed by atoms with E-state index in [1.54, 1.807) is 6.08 Å². The smallest absolute Gasteiger partial charge is 0.160 e. The first-order chi connectivity index (χ1) is 23.1. The molecule has 0 radical (unpaired) electrons. The summed E-state index contributed by atoms with van der Waals surface area (Å²) in [6, 6.07) is 45.4. The number of fused-ring (bicyclic) bond motifs is 6. The van der Waals surface area contributed by atoms with E-state index in [2.05, 4.69) is 84.9 Å². The van der Waals surface area contributed by atoms with E-state index in [1.807, 2.05) is 54.6 Å². The Morgan fingerprint density at radius 1 is 0.468 bits per heavy atom. The standard InChI is InChI=1S/C42H26N4O/c43-35-19-16-26-13-14-28-22-31(15-18-32(28)40(26)41(35)44)42-45-36(29-10-6-9-27(21-29)25-7-2-1-3-8-25)24-37(46-42)30-17-20-39-34(23-30)33-11-4-5-12-38(33)47-39/h1-24,43-44H. The fourth-order valence-corrected chi connectivity index (χ4v) is 6.54. The molecule has 5 heteroatoms. The molecule has 9 rings (SSSR count). The van der Waals surface area contributed by atoms with Crippen LogP contribution in [0.1, 0.15) is 11.1 Å². The van der Waals surface area contributed by atoms with Crippen LogP contribution in [0.25, 0.3) is 83.8 Å². The van der Waals surface area contributed by atoms with Gasteiger partial charge in [-0.15, -0.1) is 0 Å². The molecule has 0 saturated heterocycles. The molecule has 6 aromatic carbocycles. The minimum absolute atomic E-state index is 0.217. The quantitative estimate of drug-likeness (QED) is 0.210. The van der Waals surface area contributed by atoms with Crippen LogP contribution in [0.3, 0.4) is 0 Å². The predicted octanol–water partition coefficient (Wildman–Crippen LogP) is 10.6. The average Bonchev–Trinajstić information content (AvgIpc) is 3.51. The summed E-state index contributed by atoms with van der Waals surface area (Å²) in [5, 5.41) is 20.8. The van der Waals surface area contributed by atoms with Gasteiger partial charge >= 0.3 is 0 Å². The fourth-order valence-electron chi connectivity index (χ4n) is 6.54. The highest BCUT2D eigenvalue weighted by molar-refractivity contribution is 6.53. The molecule has 0 fully saturated rings. The van der Waals surface area contributed by atoms with Crippen LogP contribution in [0.5, 0.6) is 0 Å². The molecular formula is C42H26N4O. The van der Waals surface area contributed by atoms with Crippen LogP contribution < -0.4 is 0 Å². The molecule has 0 saturated carbocycles. The first-order valence-electron chi connectivity index (χ1n) is 15.5. The first-order valence-corrected chi connectivity index (χ1v) is 15.5. The lowest BCUT2D eigenvalue weighted by Gasteiger charge is -2.16. The van der Waals surface area contributed by atoms with E-state index in [0.717, 1.165) is 83.0 Å². The van der Waals surface area contributed by atoms with E-state index in [0.29, 0.717) is 5.82 Å². The number of nitrogens with one attached hydrogen (secondary N) is 2. The Morgan fingerprint density at radius 3 is 2.06 bits per heavy atom. The number of benzene rings is 6. The topological polar surface area (TPSA) is 86.6 Å². The van der Waals surface area contributed by atoms with Gasteiger partial charge in [0.25, 0.3) is 0 Å². The molecule has 2 N–H and O–H groups in total. The minimum atomic E-state index is 0.217. The van der Waals surface area contributed by atoms with Crippen molar-refractivity contribution in [3.63, 3.8) is 0 Å². The number of hydrogen-bond donors (Lipinski definition) is 2. The summed E-state index contributed by atoms with van der Waals surface area (Å²) in [5.41, 5.74) is 10.6. The van der Waals surface area contributed by atoms with Crippen molar-refractivity contribution in [2.24, 2.45) is 0 Å². The van der Waals surface area contributed by atoms with E-state index >= 15 is 0 Å². The van der Waals surface area contributed by atoms with Crippen molar-refractivity contribution in [3.8, 4) is 45.0 Å². The molecule has 47 heavy (non-hydrogen) atoms. The Balaban J connectivity index is 1.23. The third-order valence-electron chi connectivity index (χ3n) is 8.92. The minimum Gasteiger partial charge on any atom is -0.456 e. The van der Waals surface area contributed by atoms with Crippen LogP contribution in [0.2, 0.25) is 0 Å². The maximum Gasteiger partial charge on any atom is 0.160 e. The zero-order valence-electron chi connectivity index (χ0n) is 25.2. The van der Waals surface area contributed by atoms with Crippen molar-refractivity contribution >= 4 is 50.2 Å². The van der Waals surface area contributed by atoms with Gasteiger partial charge in [-0.3, -0.25) is 10.8 Å². The van der Waals surface area contributed by atoms with Crippen molar-refractivity contribution < 1.29 is 4.42 Å². The maximum atomic E-state index is 8.59. The molecule has 5 nitrogen and oxygen atoms in total. The Morgan fingerprint density at radius 2 is 1.19 bits per heavy atom. The molecule has 8 aromatic rings. The largest absolute Gasteiger partial charge is 0.456 e. The molecule has 1 aliphatic carbocycles. The van der Waals surface area contributed by atoms with Crippen LogP contribution >= 0.6 is 0 Å². The van der Waals surface area contributed by atoms with Gasteiger partial charge in [-0.2, -0.15) is 0 Å². The summed E-state index contributed by atoms with van der Waals surface area (Å²) in [4.78, 5) is 10.3. The van der Waals surface area contributed by atoms with Crippen molar-refractivity contribution in [2.45, 2.75) is 0 Å². The van der Waals surface area contributed by atoms with E-state index in [1.165, 1.54) is 0 Å².